The third-order valence-electron chi connectivity index (χ3n) is 4.07. The van der Waals surface area contributed by atoms with Gasteiger partial charge in [0.25, 0.3) is 0 Å². The number of nitrogens with zero attached hydrogens (tertiary/aromatic N) is 1. The van der Waals surface area contributed by atoms with Crippen LogP contribution in [0.2, 0.25) is 0 Å². The van der Waals surface area contributed by atoms with Gasteiger partial charge in [0.2, 0.25) is 0 Å². The molecule has 2 rings (SSSR count). The molecule has 3 nitrogen and oxygen atoms in total. The molecule has 0 bridgehead atoms. The Hall–Kier alpha value is 0.230. The molecule has 0 spiro atoms. The van der Waals surface area contributed by atoms with Crippen molar-refractivity contribution in [1.29, 1.82) is 0 Å². The zero-order valence-electron chi connectivity index (χ0n) is 10.3. The number of rotatable bonds is 3. The van der Waals surface area contributed by atoms with Crippen molar-refractivity contribution in [1.82, 2.24) is 4.90 Å². The predicted octanol–water partition coefficient (Wildman–Crippen LogP) is 1.32. The number of thioether (sulfide) groups is 1. The van der Waals surface area contributed by atoms with Gasteiger partial charge < -0.3 is 10.5 Å². The summed E-state index contributed by atoms with van der Waals surface area (Å²) in [5.74, 6) is 1.26. The Bertz CT molecular complexity index is 219. The second-order valence-electron chi connectivity index (χ2n) is 4.89. The van der Waals surface area contributed by atoms with Crippen LogP contribution in [0.1, 0.15) is 26.2 Å². The highest BCUT2D eigenvalue weighted by atomic mass is 32.2. The van der Waals surface area contributed by atoms with Crippen LogP contribution in [0.3, 0.4) is 0 Å². The number of nitrogens with two attached hydrogens (primary N) is 1. The van der Waals surface area contributed by atoms with Gasteiger partial charge in [-0.1, -0.05) is 6.92 Å². The quantitative estimate of drug-likeness (QED) is 0.813. The summed E-state index contributed by atoms with van der Waals surface area (Å²) in [6.45, 7) is 7.28. The van der Waals surface area contributed by atoms with E-state index in [2.05, 4.69) is 23.6 Å². The summed E-state index contributed by atoms with van der Waals surface area (Å²) in [5.41, 5.74) is 6.29. The van der Waals surface area contributed by atoms with E-state index in [1.807, 2.05) is 0 Å². The lowest BCUT2D eigenvalue weighted by Gasteiger charge is -2.48. The largest absolute Gasteiger partial charge is 0.381 e. The summed E-state index contributed by atoms with van der Waals surface area (Å²) in [6, 6.07) is 0. The molecular formula is C12H24N2OS. The molecule has 2 aliphatic rings. The Morgan fingerprint density at radius 2 is 2.19 bits per heavy atom. The maximum absolute atomic E-state index is 6.05. The second-order valence-corrected chi connectivity index (χ2v) is 6.30. The minimum absolute atomic E-state index is 0.243. The molecule has 2 heterocycles. The van der Waals surface area contributed by atoms with E-state index in [0.717, 1.165) is 37.9 Å². The van der Waals surface area contributed by atoms with Crippen LogP contribution < -0.4 is 5.73 Å². The molecule has 4 heteroatoms. The Labute approximate surface area is 103 Å². The SMILES string of the molecule is CCC1CN(C2(CN)CCOCC2)CCS1. The molecule has 0 amide bonds. The summed E-state index contributed by atoms with van der Waals surface area (Å²) in [7, 11) is 0. The fraction of sp³-hybridized carbons (Fsp3) is 1.00. The molecule has 0 saturated carbocycles. The third-order valence-corrected chi connectivity index (χ3v) is 5.44. The summed E-state index contributed by atoms with van der Waals surface area (Å²) in [6.07, 6.45) is 3.51. The smallest absolute Gasteiger partial charge is 0.0484 e. The lowest BCUT2D eigenvalue weighted by atomic mass is 9.87. The van der Waals surface area contributed by atoms with Crippen LogP contribution in [0.25, 0.3) is 0 Å². The van der Waals surface area contributed by atoms with Crippen molar-refractivity contribution in [3.05, 3.63) is 0 Å². The highest BCUT2D eigenvalue weighted by Crippen LogP contribution is 2.32. The number of hydrogen-bond donors (Lipinski definition) is 1. The average Bonchev–Trinajstić information content (AvgIpc) is 2.39. The second kappa shape index (κ2) is 5.71. The van der Waals surface area contributed by atoms with Crippen molar-refractivity contribution < 1.29 is 4.74 Å². The van der Waals surface area contributed by atoms with Crippen LogP contribution in [0.15, 0.2) is 0 Å². The molecule has 16 heavy (non-hydrogen) atoms. The monoisotopic (exact) mass is 244 g/mol. The Morgan fingerprint density at radius 3 is 2.81 bits per heavy atom. The molecule has 2 aliphatic heterocycles. The maximum atomic E-state index is 6.05. The van der Waals surface area contributed by atoms with Crippen molar-refractivity contribution in [3.8, 4) is 0 Å². The van der Waals surface area contributed by atoms with Crippen LogP contribution in [-0.2, 0) is 4.74 Å². The van der Waals surface area contributed by atoms with Crippen molar-refractivity contribution in [2.75, 3.05) is 38.6 Å². The van der Waals surface area contributed by atoms with E-state index < -0.39 is 0 Å². The standard InChI is InChI=1S/C12H24N2OS/c1-2-11-9-14(5-8-16-11)12(10-13)3-6-15-7-4-12/h11H,2-10,13H2,1H3. The van der Waals surface area contributed by atoms with Crippen LogP contribution in [0.5, 0.6) is 0 Å². The van der Waals surface area contributed by atoms with Crippen molar-refractivity contribution >= 4 is 11.8 Å². The van der Waals surface area contributed by atoms with Crippen molar-refractivity contribution in [2.45, 2.75) is 37.0 Å². The number of hydrogen-bond acceptors (Lipinski definition) is 4. The minimum atomic E-state index is 0.243. The molecule has 0 aromatic rings. The minimum Gasteiger partial charge on any atom is -0.381 e. The van der Waals surface area contributed by atoms with E-state index in [1.165, 1.54) is 25.3 Å². The number of ether oxygens (including phenoxy) is 1. The van der Waals surface area contributed by atoms with E-state index in [9.17, 15) is 0 Å². The highest BCUT2D eigenvalue weighted by molar-refractivity contribution is 8.00. The molecule has 2 saturated heterocycles. The van der Waals surface area contributed by atoms with E-state index >= 15 is 0 Å². The van der Waals surface area contributed by atoms with E-state index in [4.69, 9.17) is 10.5 Å². The Balaban J connectivity index is 2.01. The molecule has 0 aromatic carbocycles. The molecule has 94 valence electrons. The van der Waals surface area contributed by atoms with Crippen molar-refractivity contribution in [2.24, 2.45) is 5.73 Å². The van der Waals surface area contributed by atoms with Crippen LogP contribution in [-0.4, -0.2) is 54.3 Å². The van der Waals surface area contributed by atoms with Gasteiger partial charge in [-0.05, 0) is 19.3 Å². The van der Waals surface area contributed by atoms with Gasteiger partial charge in [-0.3, -0.25) is 4.90 Å². The van der Waals surface area contributed by atoms with Crippen LogP contribution >= 0.6 is 11.8 Å². The zero-order chi connectivity index (χ0) is 11.4. The summed E-state index contributed by atoms with van der Waals surface area (Å²) in [5, 5.41) is 0.806. The first-order valence-electron chi connectivity index (χ1n) is 6.45. The first kappa shape index (κ1) is 12.7. The topological polar surface area (TPSA) is 38.5 Å². The lowest BCUT2D eigenvalue weighted by molar-refractivity contribution is -0.0229. The average molecular weight is 244 g/mol. The first-order valence-corrected chi connectivity index (χ1v) is 7.50. The molecule has 0 radical (unpaired) electrons. The van der Waals surface area contributed by atoms with Gasteiger partial charge in [-0.25, -0.2) is 0 Å². The molecule has 0 aromatic heterocycles. The molecular weight excluding hydrogens is 220 g/mol. The molecule has 1 unspecified atom stereocenters. The van der Waals surface area contributed by atoms with E-state index in [0.29, 0.717) is 0 Å². The van der Waals surface area contributed by atoms with Crippen LogP contribution in [0, 0.1) is 0 Å². The Morgan fingerprint density at radius 1 is 1.44 bits per heavy atom. The van der Waals surface area contributed by atoms with Crippen molar-refractivity contribution in [3.63, 3.8) is 0 Å². The van der Waals surface area contributed by atoms with Crippen LogP contribution in [0.4, 0.5) is 0 Å². The third kappa shape index (κ3) is 2.55. The summed E-state index contributed by atoms with van der Waals surface area (Å²) in [4.78, 5) is 2.65. The molecule has 0 aliphatic carbocycles. The lowest BCUT2D eigenvalue weighted by Crippen LogP contribution is -2.60. The van der Waals surface area contributed by atoms with Gasteiger partial charge in [-0.2, -0.15) is 11.8 Å². The van der Waals surface area contributed by atoms with Gasteiger partial charge >= 0.3 is 0 Å². The highest BCUT2D eigenvalue weighted by Gasteiger charge is 2.39. The maximum Gasteiger partial charge on any atom is 0.0484 e. The van der Waals surface area contributed by atoms with Gasteiger partial charge in [0.05, 0.1) is 0 Å². The van der Waals surface area contributed by atoms with Gasteiger partial charge in [-0.15, -0.1) is 0 Å². The fourth-order valence-electron chi connectivity index (χ4n) is 2.80. The fourth-order valence-corrected chi connectivity index (χ4v) is 3.98. The normalized spacial score (nSPS) is 31.5. The summed E-state index contributed by atoms with van der Waals surface area (Å²) >= 11 is 2.13. The molecule has 1 atom stereocenters. The predicted molar refractivity (Wildman–Crippen MR) is 69.9 cm³/mol. The van der Waals surface area contributed by atoms with E-state index in [-0.39, 0.29) is 5.54 Å². The van der Waals surface area contributed by atoms with E-state index in [1.54, 1.807) is 0 Å². The first-order chi connectivity index (χ1) is 7.80. The van der Waals surface area contributed by atoms with Gasteiger partial charge in [0, 0.05) is 49.4 Å². The zero-order valence-corrected chi connectivity index (χ0v) is 11.1. The van der Waals surface area contributed by atoms with Gasteiger partial charge in [0.1, 0.15) is 0 Å². The molecule has 2 fully saturated rings. The Kier molecular flexibility index (Phi) is 4.53. The van der Waals surface area contributed by atoms with Gasteiger partial charge in [0.15, 0.2) is 0 Å². The molecule has 2 N–H and O–H groups in total. The summed E-state index contributed by atoms with van der Waals surface area (Å²) < 4.78 is 5.48.